The second-order valence-electron chi connectivity index (χ2n) is 5.67. The molecule has 8 heteroatoms. The number of hydrogen-bond acceptors (Lipinski definition) is 6. The van der Waals surface area contributed by atoms with E-state index in [1.807, 2.05) is 24.3 Å². The molecule has 1 saturated heterocycles. The topological polar surface area (TPSA) is 79.7 Å². The number of nitrogens with zero attached hydrogens (tertiary/aromatic N) is 2. The lowest BCUT2D eigenvalue weighted by Gasteiger charge is -2.29. The highest BCUT2D eigenvalue weighted by atomic mass is 19.1. The summed E-state index contributed by atoms with van der Waals surface area (Å²) >= 11 is 0. The number of ether oxygens (including phenoxy) is 1. The van der Waals surface area contributed by atoms with Crippen molar-refractivity contribution in [2.24, 2.45) is 0 Å². The molecule has 1 fully saturated rings. The first-order valence-corrected chi connectivity index (χ1v) is 7.93. The van der Waals surface area contributed by atoms with Gasteiger partial charge in [-0.15, -0.1) is 0 Å². The van der Waals surface area contributed by atoms with Crippen molar-refractivity contribution in [2.45, 2.75) is 0 Å². The predicted octanol–water partition coefficient (Wildman–Crippen LogP) is 2.90. The van der Waals surface area contributed by atoms with Crippen molar-refractivity contribution < 1.29 is 14.1 Å². The third-order valence-corrected chi connectivity index (χ3v) is 4.10. The van der Waals surface area contributed by atoms with E-state index in [0.29, 0.717) is 5.69 Å². The molecule has 0 radical (unpaired) electrons. The number of methoxy groups -OCH3 is 1. The van der Waals surface area contributed by atoms with Crippen molar-refractivity contribution in [2.75, 3.05) is 43.5 Å². The maximum absolute atomic E-state index is 13.7. The molecule has 0 unspecified atom stereocenters. The van der Waals surface area contributed by atoms with Gasteiger partial charge >= 0.3 is 0 Å². The molecule has 0 aromatic heterocycles. The van der Waals surface area contributed by atoms with Gasteiger partial charge in [-0.1, -0.05) is 0 Å². The summed E-state index contributed by atoms with van der Waals surface area (Å²) in [5.41, 5.74) is 1.61. The fourth-order valence-electron chi connectivity index (χ4n) is 2.78. The molecule has 7 nitrogen and oxygen atoms in total. The highest BCUT2D eigenvalue weighted by Crippen LogP contribution is 2.34. The van der Waals surface area contributed by atoms with Gasteiger partial charge in [-0.05, 0) is 24.3 Å². The summed E-state index contributed by atoms with van der Waals surface area (Å²) in [4.78, 5) is 12.8. The number of rotatable bonds is 5. The van der Waals surface area contributed by atoms with Gasteiger partial charge in [0.05, 0.1) is 18.1 Å². The average molecular weight is 346 g/mol. The van der Waals surface area contributed by atoms with E-state index in [-0.39, 0.29) is 17.1 Å². The minimum Gasteiger partial charge on any atom is -0.494 e. The van der Waals surface area contributed by atoms with Crippen LogP contribution >= 0.6 is 0 Å². The fourth-order valence-corrected chi connectivity index (χ4v) is 2.78. The molecule has 2 aromatic carbocycles. The zero-order chi connectivity index (χ0) is 17.8. The van der Waals surface area contributed by atoms with Crippen molar-refractivity contribution in [1.82, 2.24) is 5.32 Å². The molecule has 1 aliphatic heterocycles. The Kier molecular flexibility index (Phi) is 4.99. The molecule has 0 saturated carbocycles. The Labute approximate surface area is 144 Å². The molecule has 1 heterocycles. The van der Waals surface area contributed by atoms with Gasteiger partial charge in [0, 0.05) is 43.6 Å². The molecule has 2 aromatic rings. The number of nitrogens with one attached hydrogen (secondary N) is 2. The Morgan fingerprint density at radius 1 is 1.24 bits per heavy atom. The minimum atomic E-state index is -0.770. The number of nitro benzene ring substituents is 1. The number of hydrogen-bond donors (Lipinski definition) is 2. The monoisotopic (exact) mass is 346 g/mol. The van der Waals surface area contributed by atoms with Crippen molar-refractivity contribution in [3.05, 3.63) is 52.3 Å². The first-order chi connectivity index (χ1) is 12.1. The Hall–Kier alpha value is -2.87. The van der Waals surface area contributed by atoms with Crippen LogP contribution in [0.3, 0.4) is 0 Å². The van der Waals surface area contributed by atoms with Crippen LogP contribution in [0.15, 0.2) is 36.4 Å². The molecular weight excluding hydrogens is 327 g/mol. The van der Waals surface area contributed by atoms with Crippen molar-refractivity contribution >= 4 is 22.7 Å². The largest absolute Gasteiger partial charge is 0.494 e. The van der Waals surface area contributed by atoms with Crippen LogP contribution in [-0.4, -0.2) is 38.2 Å². The Morgan fingerprint density at radius 2 is 1.92 bits per heavy atom. The van der Waals surface area contributed by atoms with Crippen LogP contribution in [0, 0.1) is 15.9 Å². The number of piperazine rings is 1. The lowest BCUT2D eigenvalue weighted by Crippen LogP contribution is -2.43. The first-order valence-electron chi connectivity index (χ1n) is 7.93. The number of anilines is 3. The molecule has 1 aliphatic rings. The maximum Gasteiger partial charge on any atom is 0.295 e. The van der Waals surface area contributed by atoms with Crippen LogP contribution < -0.4 is 20.3 Å². The summed E-state index contributed by atoms with van der Waals surface area (Å²) in [5, 5.41) is 17.4. The van der Waals surface area contributed by atoms with Gasteiger partial charge in [-0.25, -0.2) is 4.39 Å². The zero-order valence-corrected chi connectivity index (χ0v) is 13.8. The summed E-state index contributed by atoms with van der Waals surface area (Å²) in [6.07, 6.45) is 0. The quantitative estimate of drug-likeness (QED) is 0.640. The van der Waals surface area contributed by atoms with E-state index < -0.39 is 10.7 Å². The minimum absolute atomic E-state index is 0.0504. The van der Waals surface area contributed by atoms with Gasteiger partial charge in [-0.2, -0.15) is 0 Å². The summed E-state index contributed by atoms with van der Waals surface area (Å²) in [5.74, 6) is -0.820. The SMILES string of the molecule is COc1cc(Nc2ccc(N3CCNCC3)cc2)c([N+](=O)[O-])cc1F. The lowest BCUT2D eigenvalue weighted by atomic mass is 10.2. The van der Waals surface area contributed by atoms with Gasteiger partial charge in [-0.3, -0.25) is 10.1 Å². The highest BCUT2D eigenvalue weighted by Gasteiger charge is 2.19. The molecule has 0 atom stereocenters. The van der Waals surface area contributed by atoms with Crippen LogP contribution in [0.5, 0.6) is 5.75 Å². The van der Waals surface area contributed by atoms with Gasteiger partial charge in [0.2, 0.25) is 0 Å². The Balaban J connectivity index is 1.83. The van der Waals surface area contributed by atoms with Crippen molar-refractivity contribution in [3.63, 3.8) is 0 Å². The second kappa shape index (κ2) is 7.35. The first kappa shape index (κ1) is 17.0. The smallest absolute Gasteiger partial charge is 0.295 e. The van der Waals surface area contributed by atoms with E-state index in [1.165, 1.54) is 13.2 Å². The van der Waals surface area contributed by atoms with Crippen LogP contribution in [0.25, 0.3) is 0 Å². The molecule has 3 rings (SSSR count). The summed E-state index contributed by atoms with van der Waals surface area (Å²) in [6.45, 7) is 3.77. The molecular formula is C17H19FN4O3. The standard InChI is InChI=1S/C17H19FN4O3/c1-25-17-11-15(16(22(23)24)10-14(17)18)20-12-2-4-13(5-3-12)21-8-6-19-7-9-21/h2-5,10-11,19-20H,6-9H2,1H3. The summed E-state index contributed by atoms with van der Waals surface area (Å²) < 4.78 is 18.6. The van der Waals surface area contributed by atoms with E-state index in [0.717, 1.165) is 37.9 Å². The lowest BCUT2D eigenvalue weighted by molar-refractivity contribution is -0.384. The van der Waals surface area contributed by atoms with E-state index in [4.69, 9.17) is 4.74 Å². The van der Waals surface area contributed by atoms with E-state index in [1.54, 1.807) is 0 Å². The van der Waals surface area contributed by atoms with Gasteiger partial charge in [0.1, 0.15) is 5.69 Å². The molecule has 0 amide bonds. The Morgan fingerprint density at radius 3 is 2.52 bits per heavy atom. The van der Waals surface area contributed by atoms with Gasteiger partial charge in [0.25, 0.3) is 5.69 Å². The normalized spacial score (nSPS) is 14.2. The number of benzene rings is 2. The Bertz CT molecular complexity index is 761. The van der Waals surface area contributed by atoms with Crippen LogP contribution in [-0.2, 0) is 0 Å². The highest BCUT2D eigenvalue weighted by molar-refractivity contribution is 5.72. The van der Waals surface area contributed by atoms with Crippen LogP contribution in [0.1, 0.15) is 0 Å². The van der Waals surface area contributed by atoms with Crippen molar-refractivity contribution in [1.29, 1.82) is 0 Å². The van der Waals surface area contributed by atoms with E-state index >= 15 is 0 Å². The molecule has 2 N–H and O–H groups in total. The van der Waals surface area contributed by atoms with Crippen LogP contribution in [0.4, 0.5) is 27.1 Å². The van der Waals surface area contributed by atoms with E-state index in [9.17, 15) is 14.5 Å². The number of nitro groups is 1. The predicted molar refractivity (Wildman–Crippen MR) is 94.4 cm³/mol. The molecule has 0 bridgehead atoms. The molecule has 132 valence electrons. The van der Waals surface area contributed by atoms with Crippen molar-refractivity contribution in [3.8, 4) is 5.75 Å². The average Bonchev–Trinajstić information content (AvgIpc) is 2.64. The van der Waals surface area contributed by atoms with E-state index in [2.05, 4.69) is 15.5 Å². The molecule has 0 aliphatic carbocycles. The molecule has 25 heavy (non-hydrogen) atoms. The summed E-state index contributed by atoms with van der Waals surface area (Å²) in [7, 11) is 1.32. The molecule has 0 spiro atoms. The van der Waals surface area contributed by atoms with Gasteiger partial charge in [0.15, 0.2) is 11.6 Å². The van der Waals surface area contributed by atoms with Crippen LogP contribution in [0.2, 0.25) is 0 Å². The van der Waals surface area contributed by atoms with Gasteiger partial charge < -0.3 is 20.3 Å². The third-order valence-electron chi connectivity index (χ3n) is 4.10. The maximum atomic E-state index is 13.7. The summed E-state index contributed by atoms with van der Waals surface area (Å²) in [6, 6.07) is 9.75. The second-order valence-corrected chi connectivity index (χ2v) is 5.67. The fraction of sp³-hybridized carbons (Fsp3) is 0.294. The third kappa shape index (κ3) is 3.80. The number of halogens is 1. The zero-order valence-electron chi connectivity index (χ0n) is 13.8.